The third kappa shape index (κ3) is 21.2. The van der Waals surface area contributed by atoms with Gasteiger partial charge in [-0.3, -0.25) is 15.5 Å². The lowest BCUT2D eigenvalue weighted by atomic mass is 9.89. The predicted octanol–water partition coefficient (Wildman–Crippen LogP) is 11.1. The highest BCUT2D eigenvalue weighted by Gasteiger charge is 2.10. The van der Waals surface area contributed by atoms with Crippen LogP contribution in [0, 0.1) is 18.2 Å². The van der Waals surface area contributed by atoms with Gasteiger partial charge in [-0.05, 0) is 79.1 Å². The number of nitrogens with one attached hydrogen (secondary N) is 1. The van der Waals surface area contributed by atoms with Crippen molar-refractivity contribution in [3.05, 3.63) is 102 Å². The van der Waals surface area contributed by atoms with E-state index in [-0.39, 0.29) is 17.0 Å². The van der Waals surface area contributed by atoms with E-state index in [2.05, 4.69) is 32.3 Å². The van der Waals surface area contributed by atoms with Crippen LogP contribution in [-0.2, 0) is 16.0 Å². The number of halogens is 1. The number of anilines is 1. The van der Waals surface area contributed by atoms with Crippen LogP contribution >= 0.6 is 0 Å². The number of ketones is 1. The van der Waals surface area contributed by atoms with E-state index < -0.39 is 0 Å². The summed E-state index contributed by atoms with van der Waals surface area (Å²) in [5.41, 5.74) is 7.31. The van der Waals surface area contributed by atoms with Crippen molar-refractivity contribution in [3.63, 3.8) is 0 Å². The maximum absolute atomic E-state index is 12.7. The minimum atomic E-state index is -0.193. The average molecular weight is 582 g/mol. The Morgan fingerprint density at radius 3 is 1.86 bits per heavy atom. The fraction of sp³-hybridized carbons (Fsp3) is 0.405. The molecule has 0 spiro atoms. The summed E-state index contributed by atoms with van der Waals surface area (Å²) in [4.78, 5) is 20.6. The van der Waals surface area contributed by atoms with Crippen molar-refractivity contribution >= 4 is 17.8 Å². The molecule has 2 N–H and O–H groups in total. The molecule has 0 radical (unpaired) electrons. The van der Waals surface area contributed by atoms with Gasteiger partial charge >= 0.3 is 0 Å². The summed E-state index contributed by atoms with van der Waals surface area (Å²) in [5.74, 6) is -0.0349. The molecule has 0 heterocycles. The largest absolute Gasteiger partial charge is 0.304 e. The predicted molar refractivity (Wildman–Crippen MR) is 181 cm³/mol. The molecule has 0 aromatic heterocycles. The highest BCUT2D eigenvalue weighted by Crippen LogP contribution is 2.21. The Morgan fingerprint density at radius 2 is 1.40 bits per heavy atom. The standard InChI is InChI=1S/C16H23NO2.C13H11F.C2H4O.3C2H6/c1-4-16(2,3)12-11-15(18)10-7-13-5-8-14(17-19)9-6-13;1-10-3-2-4-12(9-10)11-5-7-13(14)8-6-11;1-2-3;3*1-2/h5-6,8-9,11-12,17,19H,4,7,10H2,1-3H3;2-9H,1H3;2H,1H3;3*1-2H3/b12-11-;;;;;. The number of carbonyl (C=O) groups is 2. The van der Waals surface area contributed by atoms with E-state index in [4.69, 9.17) is 10.0 Å². The third-order valence-electron chi connectivity index (χ3n) is 5.57. The molecule has 0 aliphatic carbocycles. The molecule has 0 saturated heterocycles. The van der Waals surface area contributed by atoms with Crippen LogP contribution in [0.15, 0.2) is 84.9 Å². The van der Waals surface area contributed by atoms with Crippen molar-refractivity contribution in [1.82, 2.24) is 0 Å². The number of benzene rings is 3. The highest BCUT2D eigenvalue weighted by atomic mass is 19.1. The van der Waals surface area contributed by atoms with Crippen LogP contribution in [0.4, 0.5) is 10.1 Å². The number of aldehydes is 1. The first-order valence-corrected chi connectivity index (χ1v) is 15.1. The lowest BCUT2D eigenvalue weighted by Crippen LogP contribution is -2.06. The van der Waals surface area contributed by atoms with E-state index in [0.717, 1.165) is 35.8 Å². The van der Waals surface area contributed by atoms with Crippen LogP contribution in [0.2, 0.25) is 0 Å². The summed E-state index contributed by atoms with van der Waals surface area (Å²) < 4.78 is 12.7. The van der Waals surface area contributed by atoms with Gasteiger partial charge in [0.2, 0.25) is 0 Å². The molecule has 0 aliphatic rings. The molecule has 0 aliphatic heterocycles. The van der Waals surface area contributed by atoms with Gasteiger partial charge in [-0.2, -0.15) is 0 Å². The van der Waals surface area contributed by atoms with Gasteiger partial charge in [0, 0.05) is 6.42 Å². The zero-order chi connectivity index (χ0) is 33.0. The smallest absolute Gasteiger partial charge is 0.155 e. The number of allylic oxidation sites excluding steroid dienone is 2. The second-order valence-electron chi connectivity index (χ2n) is 9.06. The Kier molecular flexibility index (Phi) is 28.2. The molecule has 3 rings (SSSR count). The molecule has 3 aromatic rings. The van der Waals surface area contributed by atoms with Gasteiger partial charge in [-0.15, -0.1) is 0 Å². The monoisotopic (exact) mass is 581 g/mol. The van der Waals surface area contributed by atoms with Gasteiger partial charge in [0.1, 0.15) is 12.1 Å². The summed E-state index contributed by atoms with van der Waals surface area (Å²) in [6.45, 7) is 21.9. The maximum Gasteiger partial charge on any atom is 0.155 e. The Bertz CT molecular complexity index is 1090. The second kappa shape index (κ2) is 27.6. The van der Waals surface area contributed by atoms with Gasteiger partial charge in [-0.25, -0.2) is 4.39 Å². The topological polar surface area (TPSA) is 66.4 Å². The number of hydrogen-bond donors (Lipinski definition) is 2. The van der Waals surface area contributed by atoms with Crippen molar-refractivity contribution in [2.45, 2.75) is 95.4 Å². The molecule has 0 bridgehead atoms. The van der Waals surface area contributed by atoms with Gasteiger partial charge in [0.15, 0.2) is 5.78 Å². The number of carbonyl (C=O) groups excluding carboxylic acids is 2. The van der Waals surface area contributed by atoms with E-state index in [9.17, 15) is 9.18 Å². The minimum Gasteiger partial charge on any atom is -0.304 e. The normalized spacial score (nSPS) is 9.45. The molecular formula is C37H56FNO3. The van der Waals surface area contributed by atoms with Gasteiger partial charge < -0.3 is 4.79 Å². The molecule has 0 fully saturated rings. The summed E-state index contributed by atoms with van der Waals surface area (Å²) in [5, 5.41) is 8.70. The van der Waals surface area contributed by atoms with Crippen molar-refractivity contribution in [3.8, 4) is 11.1 Å². The minimum absolute atomic E-state index is 0.0874. The Labute approximate surface area is 256 Å². The van der Waals surface area contributed by atoms with Crippen molar-refractivity contribution in [2.75, 3.05) is 5.48 Å². The first-order chi connectivity index (χ1) is 20.1. The zero-order valence-corrected chi connectivity index (χ0v) is 27.9. The van der Waals surface area contributed by atoms with Crippen LogP contribution in [-0.4, -0.2) is 17.3 Å². The lowest BCUT2D eigenvalue weighted by Gasteiger charge is -2.16. The third-order valence-corrected chi connectivity index (χ3v) is 5.57. The van der Waals surface area contributed by atoms with E-state index in [1.165, 1.54) is 24.6 Å². The SMILES string of the molecule is CC.CC.CC.CC=O.CCC(C)(C)/C=C\C(=O)CCc1ccc(NO)cc1.Cc1cccc(-c2ccc(F)cc2)c1. The summed E-state index contributed by atoms with van der Waals surface area (Å²) in [6.07, 6.45) is 6.71. The van der Waals surface area contributed by atoms with Crippen molar-refractivity contribution < 1.29 is 19.2 Å². The molecule has 0 atom stereocenters. The van der Waals surface area contributed by atoms with Crippen molar-refractivity contribution in [2.24, 2.45) is 5.41 Å². The second-order valence-corrected chi connectivity index (χ2v) is 9.06. The number of rotatable bonds is 8. The Morgan fingerprint density at radius 1 is 0.881 bits per heavy atom. The number of hydrogen-bond acceptors (Lipinski definition) is 4. The Balaban J connectivity index is -0.000000580. The summed E-state index contributed by atoms with van der Waals surface area (Å²) >= 11 is 0. The molecule has 42 heavy (non-hydrogen) atoms. The molecule has 5 heteroatoms. The van der Waals surface area contributed by atoms with Crippen LogP contribution in [0.1, 0.15) is 93.2 Å². The fourth-order valence-electron chi connectivity index (χ4n) is 3.00. The first kappa shape index (κ1) is 42.9. The van der Waals surface area contributed by atoms with E-state index in [1.807, 2.05) is 84.9 Å². The fourth-order valence-corrected chi connectivity index (χ4v) is 3.00. The Hall–Kier alpha value is -3.57. The molecule has 0 unspecified atom stereocenters. The molecule has 0 amide bonds. The molecular weight excluding hydrogens is 525 g/mol. The summed E-state index contributed by atoms with van der Waals surface area (Å²) in [7, 11) is 0. The van der Waals surface area contributed by atoms with Crippen LogP contribution in [0.25, 0.3) is 11.1 Å². The molecule has 0 saturated carbocycles. The van der Waals surface area contributed by atoms with E-state index in [1.54, 1.807) is 30.3 Å². The maximum atomic E-state index is 12.7. The molecule has 234 valence electrons. The van der Waals surface area contributed by atoms with E-state index >= 15 is 0 Å². The molecule has 4 nitrogen and oxygen atoms in total. The van der Waals surface area contributed by atoms with Crippen molar-refractivity contribution in [1.29, 1.82) is 0 Å². The highest BCUT2D eigenvalue weighted by molar-refractivity contribution is 5.89. The average Bonchev–Trinajstić information content (AvgIpc) is 3.03. The van der Waals surface area contributed by atoms with Gasteiger partial charge in [0.25, 0.3) is 0 Å². The lowest BCUT2D eigenvalue weighted by molar-refractivity contribution is -0.114. The number of aryl methyl sites for hydroxylation is 2. The van der Waals surface area contributed by atoms with Crippen LogP contribution < -0.4 is 5.48 Å². The molecule has 3 aromatic carbocycles. The van der Waals surface area contributed by atoms with Gasteiger partial charge in [-0.1, -0.05) is 122 Å². The van der Waals surface area contributed by atoms with Gasteiger partial charge in [0.05, 0.1) is 5.69 Å². The van der Waals surface area contributed by atoms with Crippen LogP contribution in [0.3, 0.4) is 0 Å². The first-order valence-electron chi connectivity index (χ1n) is 15.1. The van der Waals surface area contributed by atoms with Crippen LogP contribution in [0.5, 0.6) is 0 Å². The zero-order valence-electron chi connectivity index (χ0n) is 27.9. The summed E-state index contributed by atoms with van der Waals surface area (Å²) in [6, 6.07) is 22.1. The quantitative estimate of drug-likeness (QED) is 0.158. The van der Waals surface area contributed by atoms with E-state index in [0.29, 0.717) is 12.1 Å².